The van der Waals surface area contributed by atoms with Gasteiger partial charge in [-0.05, 0) is 31.0 Å². The third kappa shape index (κ3) is 3.14. The van der Waals surface area contributed by atoms with Crippen molar-refractivity contribution >= 4 is 11.6 Å². The highest BCUT2D eigenvalue weighted by Crippen LogP contribution is 2.33. The van der Waals surface area contributed by atoms with Crippen LogP contribution in [0.5, 0.6) is 0 Å². The number of fused-ring (bicyclic) bond motifs is 1. The Kier molecular flexibility index (Phi) is 4.93. The maximum absolute atomic E-state index is 12.1. The van der Waals surface area contributed by atoms with Gasteiger partial charge in [0.2, 0.25) is 0 Å². The largest absolute Gasteiger partial charge is 0.375 e. The van der Waals surface area contributed by atoms with Crippen molar-refractivity contribution in [2.75, 3.05) is 31.7 Å². The molecule has 0 aliphatic carbocycles. The predicted molar refractivity (Wildman–Crippen MR) is 76.3 cm³/mol. The molecule has 1 aliphatic heterocycles. The van der Waals surface area contributed by atoms with Gasteiger partial charge in [-0.2, -0.15) is 0 Å². The van der Waals surface area contributed by atoms with Crippen LogP contribution in [0.1, 0.15) is 31.4 Å². The predicted octanol–water partition coefficient (Wildman–Crippen LogP) is 2.11. The average Bonchev–Trinajstić information content (AvgIpc) is 2.45. The minimum absolute atomic E-state index is 0.0314. The number of amides is 1. The fourth-order valence-electron chi connectivity index (χ4n) is 2.55. The van der Waals surface area contributed by atoms with Gasteiger partial charge in [-0.25, -0.2) is 0 Å². The van der Waals surface area contributed by atoms with E-state index < -0.39 is 0 Å². The van der Waals surface area contributed by atoms with Crippen molar-refractivity contribution in [2.24, 2.45) is 0 Å². The number of hydrogen-bond donors (Lipinski definition) is 1. The Morgan fingerprint density at radius 3 is 3.00 bits per heavy atom. The van der Waals surface area contributed by atoms with Crippen LogP contribution in [0.25, 0.3) is 0 Å². The number of ether oxygens (including phenoxy) is 1. The fourth-order valence-corrected chi connectivity index (χ4v) is 2.55. The molecule has 0 bridgehead atoms. The van der Waals surface area contributed by atoms with Crippen LogP contribution in [0.15, 0.2) is 24.3 Å². The van der Waals surface area contributed by atoms with Crippen LogP contribution in [-0.2, 0) is 9.53 Å². The molecule has 1 aliphatic rings. The molecule has 0 saturated carbocycles. The Morgan fingerprint density at radius 2 is 2.26 bits per heavy atom. The quantitative estimate of drug-likeness (QED) is 0.883. The van der Waals surface area contributed by atoms with Crippen molar-refractivity contribution in [3.63, 3.8) is 0 Å². The molecule has 1 aromatic rings. The van der Waals surface area contributed by atoms with Crippen molar-refractivity contribution < 1.29 is 9.53 Å². The molecule has 1 amide bonds. The molecule has 4 nitrogen and oxygen atoms in total. The second-order valence-corrected chi connectivity index (χ2v) is 4.83. The lowest BCUT2D eigenvalue weighted by Crippen LogP contribution is -2.41. The highest BCUT2D eigenvalue weighted by Gasteiger charge is 2.27. The second-order valence-electron chi connectivity index (χ2n) is 4.83. The van der Waals surface area contributed by atoms with Gasteiger partial charge in [-0.1, -0.05) is 25.1 Å². The average molecular weight is 262 g/mol. The van der Waals surface area contributed by atoms with E-state index in [4.69, 9.17) is 4.74 Å². The summed E-state index contributed by atoms with van der Waals surface area (Å²) in [6.07, 6.45) is 2.07. The van der Waals surface area contributed by atoms with Crippen LogP contribution >= 0.6 is 0 Å². The number of carbonyl (C=O) groups excluding carboxylic acids is 1. The zero-order valence-electron chi connectivity index (χ0n) is 11.7. The van der Waals surface area contributed by atoms with Gasteiger partial charge in [0.15, 0.2) is 0 Å². The molecule has 2 rings (SSSR count). The van der Waals surface area contributed by atoms with Crippen molar-refractivity contribution in [3.8, 4) is 0 Å². The Hall–Kier alpha value is -1.39. The number of carbonyl (C=O) groups is 1. The Morgan fingerprint density at radius 1 is 1.47 bits per heavy atom. The van der Waals surface area contributed by atoms with Crippen molar-refractivity contribution in [2.45, 2.75) is 25.8 Å². The van der Waals surface area contributed by atoms with E-state index in [1.54, 1.807) is 7.11 Å². The summed E-state index contributed by atoms with van der Waals surface area (Å²) in [5.41, 5.74) is 2.23. The molecule has 1 N–H and O–H groups in total. The highest BCUT2D eigenvalue weighted by molar-refractivity contribution is 5.95. The van der Waals surface area contributed by atoms with E-state index in [9.17, 15) is 4.79 Å². The smallest absolute Gasteiger partial charge is 0.252 e. The minimum atomic E-state index is 0.0314. The molecule has 104 valence electrons. The first-order valence-electron chi connectivity index (χ1n) is 6.89. The zero-order chi connectivity index (χ0) is 13.7. The Balaban J connectivity index is 2.21. The van der Waals surface area contributed by atoms with E-state index in [0.29, 0.717) is 6.04 Å². The van der Waals surface area contributed by atoms with Gasteiger partial charge in [0.05, 0.1) is 0 Å². The van der Waals surface area contributed by atoms with Crippen LogP contribution in [0.3, 0.4) is 0 Å². The Bertz CT molecular complexity index is 434. The molecule has 1 aromatic carbocycles. The Labute approximate surface area is 114 Å². The maximum atomic E-state index is 12.1. The summed E-state index contributed by atoms with van der Waals surface area (Å²) in [5.74, 6) is 0.0314. The van der Waals surface area contributed by atoms with Gasteiger partial charge in [-0.3, -0.25) is 4.79 Å². The number of nitrogens with one attached hydrogen (secondary N) is 1. The van der Waals surface area contributed by atoms with Crippen LogP contribution in [0.2, 0.25) is 0 Å². The van der Waals surface area contributed by atoms with Gasteiger partial charge >= 0.3 is 0 Å². The van der Waals surface area contributed by atoms with E-state index in [2.05, 4.69) is 18.3 Å². The van der Waals surface area contributed by atoms with Gasteiger partial charge < -0.3 is 15.0 Å². The third-order valence-corrected chi connectivity index (χ3v) is 3.45. The summed E-state index contributed by atoms with van der Waals surface area (Å²) in [4.78, 5) is 13.9. The van der Waals surface area contributed by atoms with E-state index in [0.717, 1.165) is 31.6 Å². The van der Waals surface area contributed by atoms with Crippen molar-refractivity contribution in [3.05, 3.63) is 29.8 Å². The highest BCUT2D eigenvalue weighted by atomic mass is 16.5. The first-order valence-corrected chi connectivity index (χ1v) is 6.89. The molecule has 0 aromatic heterocycles. The topological polar surface area (TPSA) is 41.6 Å². The third-order valence-electron chi connectivity index (χ3n) is 3.45. The molecule has 0 radical (unpaired) electrons. The van der Waals surface area contributed by atoms with Crippen LogP contribution in [0.4, 0.5) is 5.69 Å². The molecule has 1 heterocycles. The zero-order valence-corrected chi connectivity index (χ0v) is 11.7. The van der Waals surface area contributed by atoms with Gasteiger partial charge in [-0.15, -0.1) is 0 Å². The lowest BCUT2D eigenvalue weighted by atomic mass is 9.96. The lowest BCUT2D eigenvalue weighted by molar-refractivity contribution is -0.122. The number of benzene rings is 1. The summed E-state index contributed by atoms with van der Waals surface area (Å²) < 4.78 is 4.96. The van der Waals surface area contributed by atoms with Gasteiger partial charge in [0.1, 0.15) is 6.61 Å². The molecular formula is C15H22N2O2. The number of nitrogens with zero attached hydrogens (tertiary/aromatic N) is 1. The fraction of sp³-hybridized carbons (Fsp3) is 0.533. The summed E-state index contributed by atoms with van der Waals surface area (Å²) >= 11 is 0. The SMILES string of the molecule is CCCNC1CCN(C(=O)COC)c2ccccc21. The molecule has 4 heteroatoms. The number of anilines is 1. The minimum Gasteiger partial charge on any atom is -0.375 e. The summed E-state index contributed by atoms with van der Waals surface area (Å²) in [6.45, 7) is 4.06. The summed E-state index contributed by atoms with van der Waals surface area (Å²) in [7, 11) is 1.55. The number of rotatable bonds is 5. The molecule has 19 heavy (non-hydrogen) atoms. The molecular weight excluding hydrogens is 240 g/mol. The molecule has 0 fully saturated rings. The van der Waals surface area contributed by atoms with E-state index >= 15 is 0 Å². The number of methoxy groups -OCH3 is 1. The number of hydrogen-bond acceptors (Lipinski definition) is 3. The number of para-hydroxylation sites is 1. The lowest BCUT2D eigenvalue weighted by Gasteiger charge is -2.34. The van der Waals surface area contributed by atoms with Crippen LogP contribution in [-0.4, -0.2) is 32.7 Å². The van der Waals surface area contributed by atoms with Crippen molar-refractivity contribution in [1.29, 1.82) is 0 Å². The molecule has 1 atom stereocenters. The molecule has 0 saturated heterocycles. The van der Waals surface area contributed by atoms with Crippen LogP contribution in [0, 0.1) is 0 Å². The summed E-state index contributed by atoms with van der Waals surface area (Å²) in [6, 6.07) is 8.48. The van der Waals surface area contributed by atoms with E-state index in [1.165, 1.54) is 5.56 Å². The van der Waals surface area contributed by atoms with E-state index in [-0.39, 0.29) is 12.5 Å². The maximum Gasteiger partial charge on any atom is 0.252 e. The van der Waals surface area contributed by atoms with Crippen molar-refractivity contribution in [1.82, 2.24) is 5.32 Å². The molecule has 0 spiro atoms. The summed E-state index contributed by atoms with van der Waals surface area (Å²) in [5, 5.41) is 3.55. The van der Waals surface area contributed by atoms with E-state index in [1.807, 2.05) is 23.1 Å². The van der Waals surface area contributed by atoms with Gasteiger partial charge in [0, 0.05) is 25.4 Å². The first-order chi connectivity index (χ1) is 9.27. The normalized spacial score (nSPS) is 18.2. The van der Waals surface area contributed by atoms with Gasteiger partial charge in [0.25, 0.3) is 5.91 Å². The first kappa shape index (κ1) is 14.0. The standard InChI is InChI=1S/C15H22N2O2/c1-3-9-16-13-8-10-17(15(18)11-19-2)14-7-5-4-6-12(13)14/h4-7,13,16H,3,8-11H2,1-2H3. The second kappa shape index (κ2) is 6.68. The molecule has 1 unspecified atom stereocenters. The monoisotopic (exact) mass is 262 g/mol. The van der Waals surface area contributed by atoms with Crippen LogP contribution < -0.4 is 10.2 Å².